The van der Waals surface area contributed by atoms with Gasteiger partial charge in [0.25, 0.3) is 0 Å². The van der Waals surface area contributed by atoms with Gasteiger partial charge in [0.1, 0.15) is 0 Å². The van der Waals surface area contributed by atoms with Crippen LogP contribution in [-0.2, 0) is 16.1 Å². The van der Waals surface area contributed by atoms with Crippen molar-refractivity contribution < 1.29 is 9.53 Å². The third kappa shape index (κ3) is 4.96. The number of fused-ring (bicyclic) bond motifs is 1. The van der Waals surface area contributed by atoms with Gasteiger partial charge in [-0.1, -0.05) is 49.6 Å². The van der Waals surface area contributed by atoms with Crippen molar-refractivity contribution in [3.8, 4) is 0 Å². The SMILES string of the molecule is CN(Cc1ccccc1)C(=O)C[C@@H]1OC[C@H]2CN(CC3CCCCC3)CC[C@H]21. The summed E-state index contributed by atoms with van der Waals surface area (Å²) in [5.41, 5.74) is 1.18. The summed E-state index contributed by atoms with van der Waals surface area (Å²) in [5.74, 6) is 2.31. The summed E-state index contributed by atoms with van der Waals surface area (Å²) in [5, 5.41) is 0. The Kier molecular flexibility index (Phi) is 6.69. The molecule has 2 saturated heterocycles. The Morgan fingerprint density at radius 3 is 2.71 bits per heavy atom. The number of hydrogen-bond donors (Lipinski definition) is 0. The van der Waals surface area contributed by atoms with Gasteiger partial charge in [0.15, 0.2) is 0 Å². The summed E-state index contributed by atoms with van der Waals surface area (Å²) >= 11 is 0. The molecule has 1 amide bonds. The molecule has 0 unspecified atom stereocenters. The van der Waals surface area contributed by atoms with Crippen LogP contribution in [0.15, 0.2) is 30.3 Å². The van der Waals surface area contributed by atoms with Crippen LogP contribution in [0, 0.1) is 17.8 Å². The average Bonchev–Trinajstić information content (AvgIpc) is 3.11. The van der Waals surface area contributed by atoms with Gasteiger partial charge in [0, 0.05) is 32.6 Å². The van der Waals surface area contributed by atoms with E-state index in [0.717, 1.165) is 12.5 Å². The van der Waals surface area contributed by atoms with Crippen LogP contribution in [0.5, 0.6) is 0 Å². The molecular weight excluding hydrogens is 348 g/mol. The summed E-state index contributed by atoms with van der Waals surface area (Å²) in [6.45, 7) is 5.16. The van der Waals surface area contributed by atoms with E-state index in [1.165, 1.54) is 63.7 Å². The van der Waals surface area contributed by atoms with Crippen LogP contribution < -0.4 is 0 Å². The second-order valence-electron chi connectivity index (χ2n) is 9.29. The maximum Gasteiger partial charge on any atom is 0.225 e. The van der Waals surface area contributed by atoms with Crippen LogP contribution in [0.1, 0.15) is 50.5 Å². The number of piperidine rings is 1. The van der Waals surface area contributed by atoms with Crippen LogP contribution >= 0.6 is 0 Å². The van der Waals surface area contributed by atoms with E-state index in [-0.39, 0.29) is 12.0 Å². The highest BCUT2D eigenvalue weighted by Crippen LogP contribution is 2.37. The first-order valence-corrected chi connectivity index (χ1v) is 11.3. The van der Waals surface area contributed by atoms with Crippen molar-refractivity contribution >= 4 is 5.91 Å². The summed E-state index contributed by atoms with van der Waals surface area (Å²) in [7, 11) is 1.91. The molecule has 3 aliphatic rings. The fraction of sp³-hybridized carbons (Fsp3) is 0.708. The van der Waals surface area contributed by atoms with Crippen LogP contribution in [0.2, 0.25) is 0 Å². The highest BCUT2D eigenvalue weighted by Gasteiger charge is 2.42. The molecule has 4 heteroatoms. The highest BCUT2D eigenvalue weighted by molar-refractivity contribution is 5.76. The Morgan fingerprint density at radius 1 is 1.14 bits per heavy atom. The molecule has 2 heterocycles. The zero-order valence-electron chi connectivity index (χ0n) is 17.4. The number of nitrogens with zero attached hydrogens (tertiary/aromatic N) is 2. The van der Waals surface area contributed by atoms with Gasteiger partial charge in [-0.3, -0.25) is 4.79 Å². The Labute approximate surface area is 170 Å². The summed E-state index contributed by atoms with van der Waals surface area (Å²) in [4.78, 5) is 17.3. The number of likely N-dealkylation sites (tertiary alicyclic amines) is 1. The van der Waals surface area contributed by atoms with Crippen LogP contribution in [0.25, 0.3) is 0 Å². The Hall–Kier alpha value is -1.39. The van der Waals surface area contributed by atoms with Gasteiger partial charge in [-0.25, -0.2) is 0 Å². The first-order valence-electron chi connectivity index (χ1n) is 11.3. The number of hydrogen-bond acceptors (Lipinski definition) is 3. The predicted molar refractivity (Wildman–Crippen MR) is 112 cm³/mol. The average molecular weight is 385 g/mol. The molecule has 1 aliphatic carbocycles. The maximum absolute atomic E-state index is 12.7. The molecule has 3 atom stereocenters. The van der Waals surface area contributed by atoms with Gasteiger partial charge in [-0.05, 0) is 43.2 Å². The highest BCUT2D eigenvalue weighted by atomic mass is 16.5. The molecule has 0 radical (unpaired) electrons. The van der Waals surface area contributed by atoms with E-state index in [2.05, 4.69) is 17.0 Å². The van der Waals surface area contributed by atoms with Crippen molar-refractivity contribution in [1.82, 2.24) is 9.80 Å². The van der Waals surface area contributed by atoms with Crippen molar-refractivity contribution in [3.05, 3.63) is 35.9 Å². The van der Waals surface area contributed by atoms with Crippen molar-refractivity contribution in [2.24, 2.45) is 17.8 Å². The second-order valence-corrected chi connectivity index (χ2v) is 9.29. The third-order valence-corrected chi connectivity index (χ3v) is 7.18. The van der Waals surface area contributed by atoms with Gasteiger partial charge in [-0.2, -0.15) is 0 Å². The molecule has 3 fully saturated rings. The van der Waals surface area contributed by atoms with Crippen LogP contribution in [0.3, 0.4) is 0 Å². The molecule has 0 aromatic heterocycles. The van der Waals surface area contributed by atoms with E-state index in [9.17, 15) is 4.79 Å². The fourth-order valence-electron chi connectivity index (χ4n) is 5.55. The first-order chi connectivity index (χ1) is 13.7. The van der Waals surface area contributed by atoms with Gasteiger partial charge in [-0.15, -0.1) is 0 Å². The minimum Gasteiger partial charge on any atom is -0.377 e. The topological polar surface area (TPSA) is 32.8 Å². The molecule has 2 aliphatic heterocycles. The van der Waals surface area contributed by atoms with Gasteiger partial charge < -0.3 is 14.5 Å². The molecule has 28 heavy (non-hydrogen) atoms. The van der Waals surface area contributed by atoms with Crippen molar-refractivity contribution in [1.29, 1.82) is 0 Å². The minimum atomic E-state index is 0.118. The number of carbonyl (C=O) groups excluding carboxylic acids is 1. The lowest BCUT2D eigenvalue weighted by molar-refractivity contribution is -0.133. The number of amides is 1. The van der Waals surface area contributed by atoms with E-state index in [1.807, 2.05) is 30.1 Å². The Morgan fingerprint density at radius 2 is 1.93 bits per heavy atom. The zero-order valence-corrected chi connectivity index (χ0v) is 17.4. The smallest absolute Gasteiger partial charge is 0.225 e. The number of rotatable bonds is 6. The summed E-state index contributed by atoms with van der Waals surface area (Å²) in [6.07, 6.45) is 8.97. The molecule has 154 valence electrons. The Bertz CT molecular complexity index is 629. The monoisotopic (exact) mass is 384 g/mol. The first kappa shape index (κ1) is 19.9. The van der Waals surface area contributed by atoms with E-state index >= 15 is 0 Å². The molecular formula is C24H36N2O2. The van der Waals surface area contributed by atoms with E-state index in [4.69, 9.17) is 4.74 Å². The second kappa shape index (κ2) is 9.41. The molecule has 1 saturated carbocycles. The number of ether oxygens (including phenoxy) is 1. The predicted octanol–water partition coefficient (Wildman–Crippen LogP) is 3.95. The molecule has 1 aromatic carbocycles. The van der Waals surface area contributed by atoms with Crippen LogP contribution in [-0.4, -0.2) is 55.1 Å². The third-order valence-electron chi connectivity index (χ3n) is 7.18. The lowest BCUT2D eigenvalue weighted by Crippen LogP contribution is -2.44. The largest absolute Gasteiger partial charge is 0.377 e. The molecule has 0 N–H and O–H groups in total. The molecule has 0 spiro atoms. The van der Waals surface area contributed by atoms with Crippen LogP contribution in [0.4, 0.5) is 0 Å². The van der Waals surface area contributed by atoms with E-state index in [0.29, 0.717) is 24.8 Å². The van der Waals surface area contributed by atoms with Gasteiger partial charge in [0.05, 0.1) is 19.1 Å². The zero-order chi connectivity index (χ0) is 19.3. The Balaban J connectivity index is 1.24. The molecule has 4 nitrogen and oxygen atoms in total. The lowest BCUT2D eigenvalue weighted by atomic mass is 9.82. The van der Waals surface area contributed by atoms with E-state index in [1.54, 1.807) is 0 Å². The standard InChI is InChI=1S/C24H36N2O2/c1-25(15-19-8-4-2-5-9-19)24(27)14-23-22-12-13-26(17-21(22)18-28-23)16-20-10-6-3-7-11-20/h2,4-5,8-9,20-23H,3,6-7,10-18H2,1H3/t21-,22-,23+/m1/s1. The fourth-order valence-corrected chi connectivity index (χ4v) is 5.55. The summed E-state index contributed by atoms with van der Waals surface area (Å²) < 4.78 is 6.14. The quantitative estimate of drug-likeness (QED) is 0.744. The lowest BCUT2D eigenvalue weighted by Gasteiger charge is -2.38. The maximum atomic E-state index is 12.7. The van der Waals surface area contributed by atoms with Gasteiger partial charge in [0.2, 0.25) is 5.91 Å². The molecule has 1 aromatic rings. The minimum absolute atomic E-state index is 0.118. The van der Waals surface area contributed by atoms with Gasteiger partial charge >= 0.3 is 0 Å². The van der Waals surface area contributed by atoms with Crippen molar-refractivity contribution in [2.75, 3.05) is 33.3 Å². The normalized spacial score (nSPS) is 28.8. The van der Waals surface area contributed by atoms with Crippen molar-refractivity contribution in [3.63, 3.8) is 0 Å². The van der Waals surface area contributed by atoms with Crippen molar-refractivity contribution in [2.45, 2.75) is 57.6 Å². The number of benzene rings is 1. The summed E-state index contributed by atoms with van der Waals surface area (Å²) in [6, 6.07) is 10.2. The molecule has 0 bridgehead atoms. The molecule has 4 rings (SSSR count). The van der Waals surface area contributed by atoms with E-state index < -0.39 is 0 Å². The number of carbonyl (C=O) groups is 1.